The minimum absolute atomic E-state index is 0.110. The summed E-state index contributed by atoms with van der Waals surface area (Å²) in [6.45, 7) is 0. The first-order valence-electron chi connectivity index (χ1n) is 9.71. The molecule has 4 rings (SSSR count). The normalized spacial score (nSPS) is 25.4. The molecule has 9 heteroatoms. The van der Waals surface area contributed by atoms with Gasteiger partial charge in [0.15, 0.2) is 0 Å². The smallest absolute Gasteiger partial charge is 0.257 e. The number of para-hydroxylation sites is 1. The molecule has 4 atom stereocenters. The van der Waals surface area contributed by atoms with E-state index in [4.69, 9.17) is 16.3 Å². The van der Waals surface area contributed by atoms with Crippen molar-refractivity contribution in [3.05, 3.63) is 53.1 Å². The van der Waals surface area contributed by atoms with Crippen LogP contribution in [0, 0.1) is 11.8 Å². The number of hydrogen-bond acceptors (Lipinski definition) is 4. The van der Waals surface area contributed by atoms with Crippen molar-refractivity contribution in [1.29, 1.82) is 0 Å². The highest BCUT2D eigenvalue weighted by molar-refractivity contribution is 9.12. The van der Waals surface area contributed by atoms with Gasteiger partial charge in [0.2, 0.25) is 11.8 Å². The lowest BCUT2D eigenvalue weighted by Gasteiger charge is -2.29. The van der Waals surface area contributed by atoms with Crippen LogP contribution < -0.4 is 15.0 Å². The second kappa shape index (κ2) is 8.92. The van der Waals surface area contributed by atoms with Gasteiger partial charge >= 0.3 is 0 Å². The van der Waals surface area contributed by atoms with Gasteiger partial charge in [-0.15, -0.1) is 0 Å². The number of hydrogen-bond donors (Lipinski definition) is 1. The highest BCUT2D eigenvalue weighted by Gasteiger charge is 2.52. The van der Waals surface area contributed by atoms with Gasteiger partial charge in [0, 0.05) is 14.7 Å². The summed E-state index contributed by atoms with van der Waals surface area (Å²) in [6.07, 6.45) is 1.13. The SMILES string of the molecule is COc1ccc(Cl)cc1NC(=O)c1ccccc1N1C(=O)[C@H]2C[C@@H](Br)[C@@H](Br)C[C@H]2C1=O. The molecule has 31 heavy (non-hydrogen) atoms. The van der Waals surface area contributed by atoms with Gasteiger partial charge in [-0.3, -0.25) is 14.4 Å². The topological polar surface area (TPSA) is 75.7 Å². The number of benzene rings is 2. The molecule has 1 aliphatic heterocycles. The Balaban J connectivity index is 1.67. The third-order valence-corrected chi connectivity index (χ3v) is 8.68. The summed E-state index contributed by atoms with van der Waals surface area (Å²) in [5, 5.41) is 3.21. The van der Waals surface area contributed by atoms with Crippen molar-refractivity contribution >= 4 is 72.6 Å². The largest absolute Gasteiger partial charge is 0.495 e. The van der Waals surface area contributed by atoms with Gasteiger partial charge in [0.05, 0.1) is 35.9 Å². The molecular formula is C22H19Br2ClN2O4. The first-order valence-corrected chi connectivity index (χ1v) is 11.9. The molecule has 0 aromatic heterocycles. The molecular weight excluding hydrogens is 552 g/mol. The molecule has 1 saturated heterocycles. The molecule has 1 saturated carbocycles. The molecule has 2 aromatic carbocycles. The Hall–Kier alpha value is -1.90. The van der Waals surface area contributed by atoms with Gasteiger partial charge in [-0.25, -0.2) is 4.90 Å². The molecule has 1 heterocycles. The highest BCUT2D eigenvalue weighted by atomic mass is 79.9. The molecule has 6 nitrogen and oxygen atoms in total. The second-order valence-electron chi connectivity index (χ2n) is 7.54. The number of nitrogens with one attached hydrogen (secondary N) is 1. The van der Waals surface area contributed by atoms with Crippen molar-refractivity contribution in [2.24, 2.45) is 11.8 Å². The predicted octanol–water partition coefficient (Wildman–Crippen LogP) is 5.03. The number of anilines is 2. The summed E-state index contributed by atoms with van der Waals surface area (Å²) in [5.41, 5.74) is 0.894. The summed E-state index contributed by atoms with van der Waals surface area (Å²) in [4.78, 5) is 40.9. The van der Waals surface area contributed by atoms with Crippen molar-refractivity contribution in [2.45, 2.75) is 22.5 Å². The molecule has 0 spiro atoms. The van der Waals surface area contributed by atoms with Crippen molar-refractivity contribution in [2.75, 3.05) is 17.3 Å². The summed E-state index contributed by atoms with van der Waals surface area (Å²) >= 11 is 13.2. The molecule has 0 radical (unpaired) electrons. The summed E-state index contributed by atoms with van der Waals surface area (Å²) in [5.74, 6) is -1.34. The van der Waals surface area contributed by atoms with E-state index in [-0.39, 0.29) is 32.7 Å². The standard InChI is InChI=1S/C22H19Br2ClN2O4/c1-31-19-7-6-11(25)8-17(19)26-20(28)12-4-2-3-5-18(12)27-21(29)13-9-15(23)16(24)10-14(13)22(27)30/h2-8,13-16H,9-10H2,1H3,(H,26,28)/t13-,14+,15+,16-. The monoisotopic (exact) mass is 568 g/mol. The molecule has 0 bridgehead atoms. The maximum Gasteiger partial charge on any atom is 0.257 e. The number of imide groups is 1. The number of fused-ring (bicyclic) bond motifs is 1. The zero-order valence-corrected chi connectivity index (χ0v) is 20.4. The molecule has 3 amide bonds. The minimum Gasteiger partial charge on any atom is -0.495 e. The van der Waals surface area contributed by atoms with E-state index in [0.717, 1.165) is 0 Å². The van der Waals surface area contributed by atoms with Crippen LogP contribution in [-0.2, 0) is 9.59 Å². The first kappa shape index (κ1) is 22.3. The lowest BCUT2D eigenvalue weighted by atomic mass is 9.81. The lowest BCUT2D eigenvalue weighted by molar-refractivity contribution is -0.122. The van der Waals surface area contributed by atoms with Crippen molar-refractivity contribution in [3.63, 3.8) is 0 Å². The van der Waals surface area contributed by atoms with Gasteiger partial charge in [-0.05, 0) is 43.2 Å². The maximum absolute atomic E-state index is 13.2. The molecule has 162 valence electrons. The van der Waals surface area contributed by atoms with Crippen molar-refractivity contribution in [1.82, 2.24) is 0 Å². The molecule has 2 fully saturated rings. The number of halogens is 3. The second-order valence-corrected chi connectivity index (χ2v) is 10.3. The Bertz CT molecular complexity index is 1040. The van der Waals surface area contributed by atoms with Crippen LogP contribution in [0.3, 0.4) is 0 Å². The fourth-order valence-corrected chi connectivity index (χ4v) is 5.57. The number of rotatable bonds is 4. The number of carbonyl (C=O) groups is 3. The lowest BCUT2D eigenvalue weighted by Crippen LogP contribution is -2.34. The van der Waals surface area contributed by atoms with Crippen LogP contribution >= 0.6 is 43.5 Å². The Morgan fingerprint density at radius 3 is 2.29 bits per heavy atom. The Kier molecular flexibility index (Phi) is 6.42. The fourth-order valence-electron chi connectivity index (χ4n) is 4.16. The number of carbonyl (C=O) groups excluding carboxylic acids is 3. The molecule has 0 unspecified atom stereocenters. The minimum atomic E-state index is -0.469. The van der Waals surface area contributed by atoms with Gasteiger partial charge in [-0.1, -0.05) is 55.6 Å². The van der Waals surface area contributed by atoms with E-state index in [9.17, 15) is 14.4 Å². The van der Waals surface area contributed by atoms with Gasteiger partial charge in [0.1, 0.15) is 5.75 Å². The van der Waals surface area contributed by atoms with Crippen molar-refractivity contribution in [3.8, 4) is 5.75 Å². The van der Waals surface area contributed by atoms with E-state index < -0.39 is 17.7 Å². The summed E-state index contributed by atoms with van der Waals surface area (Å²) in [7, 11) is 1.49. The van der Waals surface area contributed by atoms with E-state index in [2.05, 4.69) is 37.2 Å². The predicted molar refractivity (Wildman–Crippen MR) is 127 cm³/mol. The summed E-state index contributed by atoms with van der Waals surface area (Å²) in [6, 6.07) is 11.5. The van der Waals surface area contributed by atoms with E-state index in [0.29, 0.717) is 29.3 Å². The zero-order chi connectivity index (χ0) is 22.3. The maximum atomic E-state index is 13.2. The number of nitrogens with zero attached hydrogens (tertiary/aromatic N) is 1. The van der Waals surface area contributed by atoms with Gasteiger partial charge in [-0.2, -0.15) is 0 Å². The number of alkyl halides is 2. The number of methoxy groups -OCH3 is 1. The van der Waals surface area contributed by atoms with Crippen LogP contribution in [0.1, 0.15) is 23.2 Å². The summed E-state index contributed by atoms with van der Waals surface area (Å²) < 4.78 is 5.28. The molecule has 2 aliphatic rings. The van der Waals surface area contributed by atoms with Crippen LogP contribution in [0.2, 0.25) is 5.02 Å². The van der Waals surface area contributed by atoms with Crippen LogP contribution in [-0.4, -0.2) is 34.5 Å². The fraction of sp³-hybridized carbons (Fsp3) is 0.318. The third-order valence-electron chi connectivity index (χ3n) is 5.71. The average molecular weight is 571 g/mol. The Morgan fingerprint density at radius 2 is 1.68 bits per heavy atom. The van der Waals surface area contributed by atoms with Crippen molar-refractivity contribution < 1.29 is 19.1 Å². The average Bonchev–Trinajstić information content (AvgIpc) is 2.98. The molecule has 2 aromatic rings. The third kappa shape index (κ3) is 4.13. The van der Waals surface area contributed by atoms with Gasteiger partial charge in [0.25, 0.3) is 5.91 Å². The Morgan fingerprint density at radius 1 is 1.06 bits per heavy atom. The Labute approximate surface area is 201 Å². The number of ether oxygens (including phenoxy) is 1. The zero-order valence-electron chi connectivity index (χ0n) is 16.5. The van der Waals surface area contributed by atoms with Crippen LogP contribution in [0.4, 0.5) is 11.4 Å². The van der Waals surface area contributed by atoms with Crippen LogP contribution in [0.5, 0.6) is 5.75 Å². The number of amides is 3. The van der Waals surface area contributed by atoms with Crippen LogP contribution in [0.25, 0.3) is 0 Å². The van der Waals surface area contributed by atoms with E-state index in [1.54, 1.807) is 42.5 Å². The highest BCUT2D eigenvalue weighted by Crippen LogP contribution is 2.45. The van der Waals surface area contributed by atoms with Crippen LogP contribution in [0.15, 0.2) is 42.5 Å². The van der Waals surface area contributed by atoms with E-state index in [1.807, 2.05) is 0 Å². The molecule has 1 N–H and O–H groups in total. The van der Waals surface area contributed by atoms with E-state index >= 15 is 0 Å². The van der Waals surface area contributed by atoms with E-state index in [1.165, 1.54) is 12.0 Å². The quantitative estimate of drug-likeness (QED) is 0.414. The molecule has 1 aliphatic carbocycles. The van der Waals surface area contributed by atoms with Gasteiger partial charge < -0.3 is 10.1 Å². The first-order chi connectivity index (χ1) is 14.8.